The van der Waals surface area contributed by atoms with Crippen molar-refractivity contribution in [1.82, 2.24) is 14.9 Å². The largest absolute Gasteiger partial charge is 0.368 e. The number of benzene rings is 1. The highest BCUT2D eigenvalue weighted by molar-refractivity contribution is 8.00. The maximum Gasteiger partial charge on any atom is 0.235 e. The van der Waals surface area contributed by atoms with Crippen molar-refractivity contribution in [2.75, 3.05) is 31.1 Å². The molecule has 2 N–H and O–H groups in total. The molecule has 4 rings (SSSR count). The Kier molecular flexibility index (Phi) is 8.17. The number of nitriles is 2. The number of carbonyl (C=O) groups is 1. The number of thioether (sulfide) groups is 1. The quantitative estimate of drug-likeness (QED) is 0.470. The van der Waals surface area contributed by atoms with Crippen molar-refractivity contribution in [1.29, 1.82) is 10.5 Å². The molecular formula is C27H27N7OS. The van der Waals surface area contributed by atoms with Crippen LogP contribution in [0.2, 0.25) is 0 Å². The lowest BCUT2D eigenvalue weighted by molar-refractivity contribution is -0.117. The normalized spacial score (nSPS) is 14.6. The minimum atomic E-state index is -0.700. The molecule has 0 aliphatic carbocycles. The molecule has 1 aromatic carbocycles. The molecule has 1 atom stereocenters. The number of carbonyl (C=O) groups excluding carboxylic acids is 1. The Hall–Kier alpha value is -3.92. The first kappa shape index (κ1) is 25.2. The van der Waals surface area contributed by atoms with Crippen molar-refractivity contribution >= 4 is 23.5 Å². The van der Waals surface area contributed by atoms with Crippen molar-refractivity contribution in [3.05, 3.63) is 82.7 Å². The molecule has 1 fully saturated rings. The summed E-state index contributed by atoms with van der Waals surface area (Å²) < 4.78 is 0. The van der Waals surface area contributed by atoms with E-state index in [2.05, 4.69) is 26.9 Å². The summed E-state index contributed by atoms with van der Waals surface area (Å²) in [6.45, 7) is 5.78. The summed E-state index contributed by atoms with van der Waals surface area (Å²) in [6.07, 6.45) is 4.10. The fourth-order valence-electron chi connectivity index (χ4n) is 4.39. The van der Waals surface area contributed by atoms with Crippen LogP contribution < -0.4 is 10.6 Å². The number of pyridine rings is 2. The molecule has 1 amide bonds. The van der Waals surface area contributed by atoms with E-state index >= 15 is 0 Å². The van der Waals surface area contributed by atoms with Gasteiger partial charge in [0.05, 0.1) is 11.1 Å². The molecule has 1 unspecified atom stereocenters. The molecule has 0 bridgehead atoms. The van der Waals surface area contributed by atoms with E-state index in [4.69, 9.17) is 10.7 Å². The van der Waals surface area contributed by atoms with Gasteiger partial charge < -0.3 is 10.6 Å². The Balaban J connectivity index is 1.65. The molecule has 2 aromatic heterocycles. The number of rotatable bonds is 8. The van der Waals surface area contributed by atoms with Crippen molar-refractivity contribution in [2.24, 2.45) is 5.73 Å². The lowest BCUT2D eigenvalue weighted by atomic mass is 10.0. The van der Waals surface area contributed by atoms with Gasteiger partial charge in [-0.1, -0.05) is 49.0 Å². The number of anilines is 1. The lowest BCUT2D eigenvalue weighted by Crippen LogP contribution is -2.46. The van der Waals surface area contributed by atoms with Crippen LogP contribution in [0.15, 0.2) is 59.9 Å². The number of hydrogen-bond donors (Lipinski definition) is 1. The van der Waals surface area contributed by atoms with E-state index in [-0.39, 0.29) is 0 Å². The van der Waals surface area contributed by atoms with Crippen LogP contribution in [0.5, 0.6) is 0 Å². The third kappa shape index (κ3) is 5.49. The van der Waals surface area contributed by atoms with Crippen LogP contribution in [-0.4, -0.2) is 47.0 Å². The summed E-state index contributed by atoms with van der Waals surface area (Å²) in [5.41, 5.74) is 9.12. The van der Waals surface area contributed by atoms with Crippen molar-refractivity contribution in [3.63, 3.8) is 0 Å². The predicted octanol–water partition coefficient (Wildman–Crippen LogP) is 3.42. The molecule has 1 aliphatic rings. The molecule has 3 heterocycles. The maximum absolute atomic E-state index is 12.4. The monoisotopic (exact) mass is 497 g/mol. The fourth-order valence-corrected chi connectivity index (χ4v) is 5.45. The fraction of sp³-hybridized carbons (Fsp3) is 0.296. The SMILES string of the molecule is CCc1c(C#N)c(SC(C(N)=O)c2ccccc2)nc(N2CCN(Cc3ccncc3)CC2)c1C#N. The molecule has 0 spiro atoms. The number of amides is 1. The van der Waals surface area contributed by atoms with E-state index in [1.807, 2.05) is 49.4 Å². The zero-order valence-corrected chi connectivity index (χ0v) is 20.9. The number of aromatic nitrogens is 2. The van der Waals surface area contributed by atoms with E-state index in [9.17, 15) is 15.3 Å². The second kappa shape index (κ2) is 11.7. The molecule has 36 heavy (non-hydrogen) atoms. The van der Waals surface area contributed by atoms with Crippen LogP contribution in [0.1, 0.15) is 40.0 Å². The molecule has 0 saturated carbocycles. The van der Waals surface area contributed by atoms with E-state index in [0.29, 0.717) is 47.0 Å². The molecule has 0 radical (unpaired) electrons. The summed E-state index contributed by atoms with van der Waals surface area (Å²) in [5.74, 6) is 0.0567. The summed E-state index contributed by atoms with van der Waals surface area (Å²) >= 11 is 1.17. The number of hydrogen-bond acceptors (Lipinski definition) is 8. The smallest absolute Gasteiger partial charge is 0.235 e. The maximum atomic E-state index is 12.4. The topological polar surface area (TPSA) is 123 Å². The van der Waals surface area contributed by atoms with Gasteiger partial charge in [-0.2, -0.15) is 10.5 Å². The van der Waals surface area contributed by atoms with Gasteiger partial charge in [-0.3, -0.25) is 14.7 Å². The van der Waals surface area contributed by atoms with E-state index in [0.717, 1.165) is 25.2 Å². The molecule has 3 aromatic rings. The minimum Gasteiger partial charge on any atom is -0.368 e. The van der Waals surface area contributed by atoms with Crippen LogP contribution in [0, 0.1) is 22.7 Å². The van der Waals surface area contributed by atoms with E-state index in [1.54, 1.807) is 12.4 Å². The zero-order chi connectivity index (χ0) is 25.5. The number of nitrogens with two attached hydrogens (primary N) is 1. The summed E-state index contributed by atoms with van der Waals surface area (Å²) in [6, 6.07) is 17.8. The highest BCUT2D eigenvalue weighted by Crippen LogP contribution is 2.39. The average Bonchev–Trinajstić information content (AvgIpc) is 2.92. The molecular weight excluding hydrogens is 470 g/mol. The van der Waals surface area contributed by atoms with Crippen LogP contribution in [0.3, 0.4) is 0 Å². The van der Waals surface area contributed by atoms with Gasteiger partial charge in [0.2, 0.25) is 5.91 Å². The second-order valence-electron chi connectivity index (χ2n) is 8.48. The third-order valence-electron chi connectivity index (χ3n) is 6.24. The Morgan fingerprint density at radius 1 is 1.06 bits per heavy atom. The van der Waals surface area contributed by atoms with Gasteiger partial charge in [-0.15, -0.1) is 0 Å². The van der Waals surface area contributed by atoms with Gasteiger partial charge in [0.25, 0.3) is 0 Å². The van der Waals surface area contributed by atoms with Gasteiger partial charge in [-0.05, 0) is 35.2 Å². The first-order chi connectivity index (χ1) is 17.5. The molecule has 9 heteroatoms. The first-order valence-corrected chi connectivity index (χ1v) is 12.7. The van der Waals surface area contributed by atoms with Gasteiger partial charge in [0.1, 0.15) is 28.2 Å². The lowest BCUT2D eigenvalue weighted by Gasteiger charge is -2.36. The highest BCUT2D eigenvalue weighted by Gasteiger charge is 2.28. The van der Waals surface area contributed by atoms with Gasteiger partial charge >= 0.3 is 0 Å². The van der Waals surface area contributed by atoms with Crippen molar-refractivity contribution in [3.8, 4) is 12.1 Å². The van der Waals surface area contributed by atoms with Crippen molar-refractivity contribution in [2.45, 2.75) is 30.2 Å². The summed E-state index contributed by atoms with van der Waals surface area (Å²) in [5, 5.41) is 19.8. The molecule has 8 nitrogen and oxygen atoms in total. The van der Waals surface area contributed by atoms with Crippen LogP contribution in [0.4, 0.5) is 5.82 Å². The van der Waals surface area contributed by atoms with Gasteiger partial charge in [0, 0.05) is 45.1 Å². The van der Waals surface area contributed by atoms with E-state index < -0.39 is 11.2 Å². The number of piperazine rings is 1. The summed E-state index contributed by atoms with van der Waals surface area (Å²) in [7, 11) is 0. The van der Waals surface area contributed by atoms with Crippen LogP contribution in [0.25, 0.3) is 0 Å². The van der Waals surface area contributed by atoms with Crippen molar-refractivity contribution < 1.29 is 4.79 Å². The van der Waals surface area contributed by atoms with E-state index in [1.165, 1.54) is 17.3 Å². The second-order valence-corrected chi connectivity index (χ2v) is 9.57. The van der Waals surface area contributed by atoms with Crippen LogP contribution >= 0.6 is 11.8 Å². The third-order valence-corrected chi connectivity index (χ3v) is 7.50. The Morgan fingerprint density at radius 2 is 1.72 bits per heavy atom. The number of primary amides is 1. The standard InChI is InChI=1S/C27H27N7OS/c1-2-21-22(16-28)26(34-14-12-33(13-15-34)18-19-8-10-31-11-9-19)32-27(23(21)17-29)36-24(25(30)35)20-6-4-3-5-7-20/h3-11,24H,2,12-15,18H2,1H3,(H2,30,35). The Labute approximate surface area is 215 Å². The highest BCUT2D eigenvalue weighted by atomic mass is 32.2. The average molecular weight is 498 g/mol. The summed E-state index contributed by atoms with van der Waals surface area (Å²) in [4.78, 5) is 25.7. The predicted molar refractivity (Wildman–Crippen MR) is 139 cm³/mol. The molecule has 1 saturated heterocycles. The Morgan fingerprint density at radius 3 is 2.31 bits per heavy atom. The van der Waals surface area contributed by atoms with Gasteiger partial charge in [0.15, 0.2) is 0 Å². The molecule has 1 aliphatic heterocycles. The number of nitrogens with zero attached hydrogens (tertiary/aromatic N) is 6. The first-order valence-electron chi connectivity index (χ1n) is 11.8. The Bertz CT molecular complexity index is 1290. The van der Waals surface area contributed by atoms with Gasteiger partial charge in [-0.25, -0.2) is 4.98 Å². The minimum absolute atomic E-state index is 0.335. The van der Waals surface area contributed by atoms with Crippen LogP contribution in [-0.2, 0) is 17.8 Å². The molecule has 182 valence electrons. The zero-order valence-electron chi connectivity index (χ0n) is 20.1.